The number of aliphatic hydroxyl groups is 1. The number of benzene rings is 1. The largest absolute Gasteiger partial charge is 0.388 e. The van der Waals surface area contributed by atoms with E-state index < -0.39 is 6.10 Å². The maximum atomic E-state index is 14.0. The van der Waals surface area contributed by atoms with Crippen LogP contribution in [0.15, 0.2) is 36.7 Å². The Morgan fingerprint density at radius 1 is 1.26 bits per heavy atom. The summed E-state index contributed by atoms with van der Waals surface area (Å²) in [6, 6.07) is 6.29. The molecule has 1 aromatic carbocycles. The molecule has 19 heavy (non-hydrogen) atoms. The molecular formula is C15H13ClFNO. The predicted octanol–water partition coefficient (Wildman–Crippen LogP) is 3.98. The lowest BCUT2D eigenvalue weighted by Crippen LogP contribution is -2.03. The standard InChI is InChI=1S/C15H13ClFNO/c16-10-3-4-12(14(17)7-10)11-5-6-18-8-13(11)15(19)9-1-2-9/h3-9,15,19H,1-2H2. The summed E-state index contributed by atoms with van der Waals surface area (Å²) in [6.45, 7) is 0. The number of rotatable bonds is 3. The van der Waals surface area contributed by atoms with Gasteiger partial charge in [0.2, 0.25) is 0 Å². The van der Waals surface area contributed by atoms with Crippen LogP contribution in [0.2, 0.25) is 5.02 Å². The fourth-order valence-corrected chi connectivity index (χ4v) is 2.42. The summed E-state index contributed by atoms with van der Waals surface area (Å²) in [5.74, 6) is -0.110. The smallest absolute Gasteiger partial charge is 0.132 e. The normalized spacial score (nSPS) is 16.4. The molecule has 0 amide bonds. The summed E-state index contributed by atoms with van der Waals surface area (Å²) in [4.78, 5) is 4.04. The highest BCUT2D eigenvalue weighted by Crippen LogP contribution is 2.43. The molecule has 1 heterocycles. The fraction of sp³-hybridized carbons (Fsp3) is 0.267. The van der Waals surface area contributed by atoms with Crippen LogP contribution in [0.25, 0.3) is 11.1 Å². The molecule has 0 spiro atoms. The maximum Gasteiger partial charge on any atom is 0.132 e. The van der Waals surface area contributed by atoms with E-state index in [0.29, 0.717) is 21.7 Å². The van der Waals surface area contributed by atoms with Gasteiger partial charge in [-0.15, -0.1) is 0 Å². The molecule has 0 aliphatic heterocycles. The van der Waals surface area contributed by atoms with Crippen LogP contribution in [0.5, 0.6) is 0 Å². The molecule has 1 aliphatic carbocycles. The number of nitrogens with zero attached hydrogens (tertiary/aromatic N) is 1. The number of aliphatic hydroxyl groups excluding tert-OH is 1. The van der Waals surface area contributed by atoms with Crippen molar-refractivity contribution in [3.8, 4) is 11.1 Å². The Morgan fingerprint density at radius 3 is 2.74 bits per heavy atom. The maximum absolute atomic E-state index is 14.0. The molecule has 1 aromatic heterocycles. The lowest BCUT2D eigenvalue weighted by Gasteiger charge is -2.15. The predicted molar refractivity (Wildman–Crippen MR) is 72.3 cm³/mol. The molecule has 0 radical (unpaired) electrons. The summed E-state index contributed by atoms with van der Waals surface area (Å²) in [6.07, 6.45) is 4.68. The van der Waals surface area contributed by atoms with E-state index in [0.717, 1.165) is 12.8 Å². The van der Waals surface area contributed by atoms with Crippen LogP contribution in [0.3, 0.4) is 0 Å². The van der Waals surface area contributed by atoms with Crippen molar-refractivity contribution < 1.29 is 9.50 Å². The third kappa shape index (κ3) is 2.48. The van der Waals surface area contributed by atoms with Crippen LogP contribution in [-0.2, 0) is 0 Å². The van der Waals surface area contributed by atoms with Crippen molar-refractivity contribution in [3.63, 3.8) is 0 Å². The SMILES string of the molecule is OC(c1cnccc1-c1ccc(Cl)cc1F)C1CC1. The first kappa shape index (κ1) is 12.6. The number of halogens is 2. The summed E-state index contributed by atoms with van der Waals surface area (Å²) in [7, 11) is 0. The zero-order chi connectivity index (χ0) is 13.4. The van der Waals surface area contributed by atoms with Gasteiger partial charge in [-0.1, -0.05) is 11.6 Å². The van der Waals surface area contributed by atoms with Gasteiger partial charge >= 0.3 is 0 Å². The Bertz CT molecular complexity index is 613. The van der Waals surface area contributed by atoms with Gasteiger partial charge in [0.1, 0.15) is 5.82 Å². The van der Waals surface area contributed by atoms with Crippen LogP contribution >= 0.6 is 11.6 Å². The average molecular weight is 278 g/mol. The Labute approximate surface area is 115 Å². The van der Waals surface area contributed by atoms with Gasteiger partial charge in [0.05, 0.1) is 6.10 Å². The van der Waals surface area contributed by atoms with E-state index in [2.05, 4.69) is 4.98 Å². The summed E-state index contributed by atoms with van der Waals surface area (Å²) in [5.41, 5.74) is 1.82. The van der Waals surface area contributed by atoms with Crippen molar-refractivity contribution >= 4 is 11.6 Å². The molecule has 1 aliphatic rings. The molecule has 2 aromatic rings. The highest BCUT2D eigenvalue weighted by Gasteiger charge is 2.32. The lowest BCUT2D eigenvalue weighted by molar-refractivity contribution is 0.154. The van der Waals surface area contributed by atoms with Crippen molar-refractivity contribution in [2.24, 2.45) is 5.92 Å². The van der Waals surface area contributed by atoms with Crippen molar-refractivity contribution in [2.75, 3.05) is 0 Å². The van der Waals surface area contributed by atoms with E-state index in [1.807, 2.05) is 0 Å². The Hall–Kier alpha value is -1.45. The average Bonchev–Trinajstić information content (AvgIpc) is 3.22. The second-order valence-corrected chi connectivity index (χ2v) is 5.31. The topological polar surface area (TPSA) is 33.1 Å². The van der Waals surface area contributed by atoms with E-state index in [4.69, 9.17) is 11.6 Å². The molecular weight excluding hydrogens is 265 g/mol. The highest BCUT2D eigenvalue weighted by molar-refractivity contribution is 6.30. The molecule has 0 saturated heterocycles. The Kier molecular flexibility index (Phi) is 3.25. The summed E-state index contributed by atoms with van der Waals surface area (Å²) < 4.78 is 14.0. The molecule has 0 bridgehead atoms. The van der Waals surface area contributed by atoms with Gasteiger partial charge in [-0.3, -0.25) is 4.98 Å². The van der Waals surface area contributed by atoms with Gasteiger partial charge in [0.15, 0.2) is 0 Å². The molecule has 1 fully saturated rings. The Balaban J connectivity index is 2.08. The minimum atomic E-state index is -0.571. The van der Waals surface area contributed by atoms with Crippen LogP contribution in [0.4, 0.5) is 4.39 Å². The first-order valence-electron chi connectivity index (χ1n) is 6.24. The minimum Gasteiger partial charge on any atom is -0.388 e. The third-order valence-electron chi connectivity index (χ3n) is 3.46. The van der Waals surface area contributed by atoms with Crippen LogP contribution < -0.4 is 0 Å². The molecule has 98 valence electrons. The van der Waals surface area contributed by atoms with Gasteiger partial charge in [-0.2, -0.15) is 0 Å². The van der Waals surface area contributed by atoms with Gasteiger partial charge in [0.25, 0.3) is 0 Å². The van der Waals surface area contributed by atoms with Gasteiger partial charge in [0, 0.05) is 28.5 Å². The van der Waals surface area contributed by atoms with Crippen molar-refractivity contribution in [3.05, 3.63) is 53.1 Å². The molecule has 1 atom stereocenters. The molecule has 2 nitrogen and oxygen atoms in total. The first-order valence-corrected chi connectivity index (χ1v) is 6.62. The Morgan fingerprint density at radius 2 is 2.05 bits per heavy atom. The molecule has 1 N–H and O–H groups in total. The summed E-state index contributed by atoms with van der Waals surface area (Å²) in [5, 5.41) is 10.6. The highest BCUT2D eigenvalue weighted by atomic mass is 35.5. The number of hydrogen-bond acceptors (Lipinski definition) is 2. The zero-order valence-corrected chi connectivity index (χ0v) is 10.9. The van der Waals surface area contributed by atoms with Gasteiger partial charge < -0.3 is 5.11 Å². The lowest BCUT2D eigenvalue weighted by atomic mass is 9.96. The van der Waals surface area contributed by atoms with Crippen LogP contribution in [0, 0.1) is 11.7 Å². The van der Waals surface area contributed by atoms with E-state index in [1.54, 1.807) is 30.6 Å². The van der Waals surface area contributed by atoms with E-state index in [1.165, 1.54) is 6.07 Å². The second-order valence-electron chi connectivity index (χ2n) is 4.87. The molecule has 3 rings (SSSR count). The summed E-state index contributed by atoms with van der Waals surface area (Å²) >= 11 is 5.77. The fourth-order valence-electron chi connectivity index (χ4n) is 2.26. The molecule has 4 heteroatoms. The number of pyridine rings is 1. The van der Waals surface area contributed by atoms with Crippen LogP contribution in [-0.4, -0.2) is 10.1 Å². The molecule has 1 unspecified atom stereocenters. The number of aromatic nitrogens is 1. The van der Waals surface area contributed by atoms with E-state index in [9.17, 15) is 9.50 Å². The van der Waals surface area contributed by atoms with Crippen LogP contribution in [0.1, 0.15) is 24.5 Å². The monoisotopic (exact) mass is 277 g/mol. The molecule has 1 saturated carbocycles. The van der Waals surface area contributed by atoms with Gasteiger partial charge in [-0.25, -0.2) is 4.39 Å². The van der Waals surface area contributed by atoms with E-state index >= 15 is 0 Å². The second kappa shape index (κ2) is 4.91. The first-order chi connectivity index (χ1) is 9.16. The van der Waals surface area contributed by atoms with Crippen molar-refractivity contribution in [1.29, 1.82) is 0 Å². The minimum absolute atomic E-state index is 0.276. The quantitative estimate of drug-likeness (QED) is 0.920. The van der Waals surface area contributed by atoms with Crippen molar-refractivity contribution in [1.82, 2.24) is 4.98 Å². The van der Waals surface area contributed by atoms with E-state index in [-0.39, 0.29) is 11.7 Å². The number of hydrogen-bond donors (Lipinski definition) is 1. The van der Waals surface area contributed by atoms with Gasteiger partial charge in [-0.05, 0) is 48.6 Å². The third-order valence-corrected chi connectivity index (χ3v) is 3.70. The van der Waals surface area contributed by atoms with Crippen molar-refractivity contribution in [2.45, 2.75) is 18.9 Å². The zero-order valence-electron chi connectivity index (χ0n) is 10.2.